The van der Waals surface area contributed by atoms with Crippen LogP contribution in [0.1, 0.15) is 18.1 Å². The molecule has 0 bridgehead atoms. The molecule has 0 atom stereocenters. The second kappa shape index (κ2) is 10.5. The number of ether oxygens (including phenoxy) is 2. The summed E-state index contributed by atoms with van der Waals surface area (Å²) in [6.07, 6.45) is 2.49. The van der Waals surface area contributed by atoms with Crippen LogP contribution in [0, 0.1) is 0 Å². The van der Waals surface area contributed by atoms with Gasteiger partial charge in [-0.25, -0.2) is 4.79 Å². The minimum Gasteiger partial charge on any atom is -0.481 e. The Kier molecular flexibility index (Phi) is 7.09. The molecule has 0 fully saturated rings. The third kappa shape index (κ3) is 5.44. The minimum atomic E-state index is -0.517. The first kappa shape index (κ1) is 22.2. The third-order valence-electron chi connectivity index (χ3n) is 5.34. The van der Waals surface area contributed by atoms with Crippen molar-refractivity contribution >= 4 is 28.5 Å². The minimum absolute atomic E-state index is 0.297. The molecule has 7 nitrogen and oxygen atoms in total. The number of nitrogens with zero attached hydrogens (tertiary/aromatic N) is 2. The molecule has 33 heavy (non-hydrogen) atoms. The summed E-state index contributed by atoms with van der Waals surface area (Å²) >= 11 is 0. The summed E-state index contributed by atoms with van der Waals surface area (Å²) in [7, 11) is 1.56. The zero-order valence-corrected chi connectivity index (χ0v) is 18.9. The summed E-state index contributed by atoms with van der Waals surface area (Å²) in [5, 5.41) is 7.30. The number of hydrogen-bond acceptors (Lipinski definition) is 5. The molecule has 4 rings (SSSR count). The van der Waals surface area contributed by atoms with Crippen molar-refractivity contribution in [1.29, 1.82) is 0 Å². The van der Waals surface area contributed by atoms with Gasteiger partial charge in [-0.05, 0) is 36.6 Å². The van der Waals surface area contributed by atoms with Crippen LogP contribution < -0.4 is 15.4 Å². The summed E-state index contributed by atoms with van der Waals surface area (Å²) < 4.78 is 12.5. The van der Waals surface area contributed by atoms with Crippen LogP contribution in [-0.4, -0.2) is 35.9 Å². The van der Waals surface area contributed by atoms with Crippen LogP contribution in [0.25, 0.3) is 10.9 Å². The van der Waals surface area contributed by atoms with Gasteiger partial charge in [0.15, 0.2) is 5.82 Å². The summed E-state index contributed by atoms with van der Waals surface area (Å²) in [5.74, 6) is 1.00. The van der Waals surface area contributed by atoms with Gasteiger partial charge in [0.25, 0.3) is 0 Å². The van der Waals surface area contributed by atoms with Crippen molar-refractivity contribution in [2.75, 3.05) is 30.9 Å². The predicted molar refractivity (Wildman–Crippen MR) is 131 cm³/mol. The topological polar surface area (TPSA) is 77.4 Å². The lowest BCUT2D eigenvalue weighted by Crippen LogP contribution is -2.16. The maximum Gasteiger partial charge on any atom is 0.411 e. The molecule has 0 aliphatic rings. The molecule has 0 spiro atoms. The molecule has 2 aromatic carbocycles. The summed E-state index contributed by atoms with van der Waals surface area (Å²) in [5.41, 5.74) is 4.26. The lowest BCUT2D eigenvalue weighted by molar-refractivity contribution is 0.168. The van der Waals surface area contributed by atoms with E-state index in [1.807, 2.05) is 6.07 Å². The number of nitrogens with one attached hydrogen (secondary N) is 2. The zero-order chi connectivity index (χ0) is 23.0. The average molecular weight is 445 g/mol. The van der Waals surface area contributed by atoms with Gasteiger partial charge in [0.05, 0.1) is 19.4 Å². The Balaban J connectivity index is 1.51. The number of hydrogen-bond donors (Lipinski definition) is 2. The highest BCUT2D eigenvalue weighted by Gasteiger charge is 2.12. The fourth-order valence-corrected chi connectivity index (χ4v) is 3.82. The van der Waals surface area contributed by atoms with Crippen LogP contribution >= 0.6 is 0 Å². The number of methoxy groups -OCH3 is 1. The van der Waals surface area contributed by atoms with Crippen LogP contribution in [0.5, 0.6) is 5.88 Å². The van der Waals surface area contributed by atoms with E-state index in [4.69, 9.17) is 9.47 Å². The van der Waals surface area contributed by atoms with Crippen molar-refractivity contribution in [1.82, 2.24) is 9.55 Å². The van der Waals surface area contributed by atoms with Crippen LogP contribution in [0.2, 0.25) is 0 Å². The summed E-state index contributed by atoms with van der Waals surface area (Å²) in [6.45, 7) is 3.52. The van der Waals surface area contributed by atoms with Gasteiger partial charge in [0.2, 0.25) is 5.88 Å². The molecule has 0 aliphatic heterocycles. The van der Waals surface area contributed by atoms with E-state index in [0.717, 1.165) is 13.0 Å². The maximum atomic E-state index is 11.9. The number of fused-ring (bicyclic) bond motifs is 1. The molecular weight excluding hydrogens is 416 g/mol. The Hall–Kier alpha value is -4.00. The second-order valence-electron chi connectivity index (χ2n) is 7.56. The number of carbonyl (C=O) groups excluding carboxylic acids is 1. The van der Waals surface area contributed by atoms with Crippen LogP contribution in [0.4, 0.5) is 16.3 Å². The number of carbonyl (C=O) groups is 1. The van der Waals surface area contributed by atoms with Crippen LogP contribution in [-0.2, 0) is 17.7 Å². The Bertz CT molecular complexity index is 1220. The molecule has 2 N–H and O–H groups in total. The van der Waals surface area contributed by atoms with Crippen molar-refractivity contribution in [3.05, 3.63) is 84.1 Å². The van der Waals surface area contributed by atoms with E-state index < -0.39 is 6.09 Å². The Morgan fingerprint density at radius 3 is 2.61 bits per heavy atom. The molecular formula is C26H28N4O3. The van der Waals surface area contributed by atoms with E-state index in [9.17, 15) is 4.79 Å². The van der Waals surface area contributed by atoms with Crippen LogP contribution in [0.15, 0.2) is 72.9 Å². The molecule has 2 heterocycles. The van der Waals surface area contributed by atoms with Crippen LogP contribution in [0.3, 0.4) is 0 Å². The molecule has 170 valence electrons. The van der Waals surface area contributed by atoms with Gasteiger partial charge in [-0.3, -0.25) is 5.32 Å². The van der Waals surface area contributed by atoms with Gasteiger partial charge in [0.1, 0.15) is 0 Å². The van der Waals surface area contributed by atoms with Gasteiger partial charge in [-0.1, -0.05) is 48.5 Å². The largest absolute Gasteiger partial charge is 0.481 e. The number of aromatic nitrogens is 2. The third-order valence-corrected chi connectivity index (χ3v) is 5.34. The van der Waals surface area contributed by atoms with Crippen molar-refractivity contribution in [2.45, 2.75) is 19.9 Å². The molecule has 0 saturated heterocycles. The van der Waals surface area contributed by atoms with Crippen molar-refractivity contribution in [3.8, 4) is 5.88 Å². The SMILES string of the molecule is CCOC(=O)Nc1ccc(OC)nc1NCCc1cn(Cc2ccccc2)c2ccccc12. The Morgan fingerprint density at radius 1 is 1.03 bits per heavy atom. The molecule has 4 aromatic rings. The fourth-order valence-electron chi connectivity index (χ4n) is 3.82. The number of anilines is 2. The van der Waals surface area contributed by atoms with Gasteiger partial charge >= 0.3 is 6.09 Å². The van der Waals surface area contributed by atoms with Gasteiger partial charge in [-0.2, -0.15) is 4.98 Å². The quantitative estimate of drug-likeness (QED) is 0.366. The van der Waals surface area contributed by atoms with Crippen molar-refractivity contribution in [3.63, 3.8) is 0 Å². The van der Waals surface area contributed by atoms with E-state index in [1.165, 1.54) is 22.0 Å². The number of para-hydroxylation sites is 1. The van der Waals surface area contributed by atoms with Gasteiger partial charge < -0.3 is 19.4 Å². The Morgan fingerprint density at radius 2 is 1.82 bits per heavy atom. The standard InChI is InChI=1S/C26H28N4O3/c1-3-33-26(31)28-22-13-14-24(32-2)29-25(22)27-16-15-20-18-30(17-19-9-5-4-6-10-19)23-12-8-7-11-21(20)23/h4-14,18H,3,15-17H2,1-2H3,(H,27,29)(H,28,31). The van der Waals surface area contributed by atoms with E-state index in [2.05, 4.69) is 74.9 Å². The first-order valence-corrected chi connectivity index (χ1v) is 11.0. The monoisotopic (exact) mass is 444 g/mol. The lowest BCUT2D eigenvalue weighted by Gasteiger charge is -2.13. The van der Waals surface area contributed by atoms with E-state index in [0.29, 0.717) is 30.5 Å². The Labute approximate surface area is 193 Å². The number of pyridine rings is 1. The molecule has 0 radical (unpaired) electrons. The predicted octanol–water partition coefficient (Wildman–Crippen LogP) is 5.32. The molecule has 2 aromatic heterocycles. The highest BCUT2D eigenvalue weighted by atomic mass is 16.5. The average Bonchev–Trinajstić information content (AvgIpc) is 3.18. The van der Waals surface area contributed by atoms with Gasteiger partial charge in [-0.15, -0.1) is 0 Å². The highest BCUT2D eigenvalue weighted by molar-refractivity contribution is 5.88. The first-order valence-electron chi connectivity index (χ1n) is 11.0. The number of rotatable bonds is 9. The van der Waals surface area contributed by atoms with Gasteiger partial charge in [0, 0.05) is 36.3 Å². The fraction of sp³-hybridized carbons (Fsp3) is 0.231. The smallest absolute Gasteiger partial charge is 0.411 e. The first-order chi connectivity index (χ1) is 16.2. The van der Waals surface area contributed by atoms with E-state index in [1.54, 1.807) is 26.2 Å². The van der Waals surface area contributed by atoms with Crippen molar-refractivity contribution < 1.29 is 14.3 Å². The molecule has 7 heteroatoms. The second-order valence-corrected chi connectivity index (χ2v) is 7.56. The molecule has 0 aliphatic carbocycles. The van der Waals surface area contributed by atoms with E-state index in [-0.39, 0.29) is 0 Å². The van der Waals surface area contributed by atoms with E-state index >= 15 is 0 Å². The summed E-state index contributed by atoms with van der Waals surface area (Å²) in [4.78, 5) is 16.3. The molecule has 0 saturated carbocycles. The number of benzene rings is 2. The summed E-state index contributed by atoms with van der Waals surface area (Å²) in [6, 6.07) is 22.3. The molecule has 0 unspecified atom stereocenters. The lowest BCUT2D eigenvalue weighted by atomic mass is 10.1. The maximum absolute atomic E-state index is 11.9. The normalized spacial score (nSPS) is 10.7. The number of amides is 1. The molecule has 1 amide bonds. The highest BCUT2D eigenvalue weighted by Crippen LogP contribution is 2.25. The zero-order valence-electron chi connectivity index (χ0n) is 18.9. The van der Waals surface area contributed by atoms with Crippen molar-refractivity contribution in [2.24, 2.45) is 0 Å².